The van der Waals surface area contributed by atoms with E-state index in [1.807, 2.05) is 55.5 Å². The van der Waals surface area contributed by atoms with E-state index in [1.165, 1.54) is 0 Å². The van der Waals surface area contributed by atoms with Crippen LogP contribution in [0.25, 0.3) is 0 Å². The molecule has 4 nitrogen and oxygen atoms in total. The number of aliphatic imine (C=N–C) groups is 1. The number of esters is 1. The van der Waals surface area contributed by atoms with E-state index in [9.17, 15) is 9.59 Å². The van der Waals surface area contributed by atoms with Gasteiger partial charge in [-0.05, 0) is 54.3 Å². The molecule has 2 aliphatic rings. The third-order valence-electron chi connectivity index (χ3n) is 6.40. The van der Waals surface area contributed by atoms with Crippen molar-refractivity contribution in [2.75, 3.05) is 18.1 Å². The van der Waals surface area contributed by atoms with Crippen LogP contribution in [0.5, 0.6) is 0 Å². The SMILES string of the molecule is CCSCCOC(=O)C1C(C)=NC2=C(C(=O)C[C@H](c3ccc(Cl)cc3)C2)[C@@H]1c1ccccc1Br. The number of ether oxygens (including phenoxy) is 1. The van der Waals surface area contributed by atoms with Crippen molar-refractivity contribution in [1.29, 1.82) is 0 Å². The first-order valence-corrected chi connectivity index (χ1v) is 13.8. The van der Waals surface area contributed by atoms with Crippen molar-refractivity contribution in [3.05, 3.63) is 80.4 Å². The minimum Gasteiger partial charge on any atom is -0.464 e. The van der Waals surface area contributed by atoms with Crippen LogP contribution in [-0.4, -0.2) is 35.6 Å². The van der Waals surface area contributed by atoms with Gasteiger partial charge in [0, 0.05) is 44.6 Å². The largest absolute Gasteiger partial charge is 0.464 e. The van der Waals surface area contributed by atoms with Crippen molar-refractivity contribution in [2.24, 2.45) is 10.9 Å². The lowest BCUT2D eigenvalue weighted by molar-refractivity contribution is -0.145. The Balaban J connectivity index is 1.72. The third-order valence-corrected chi connectivity index (χ3v) is 8.24. The van der Waals surface area contributed by atoms with E-state index in [2.05, 4.69) is 22.9 Å². The summed E-state index contributed by atoms with van der Waals surface area (Å²) in [6.07, 6.45) is 1.03. The number of hydrogen-bond acceptors (Lipinski definition) is 5. The van der Waals surface area contributed by atoms with E-state index >= 15 is 0 Å². The molecule has 4 rings (SSSR count). The zero-order valence-electron chi connectivity index (χ0n) is 19.2. The highest BCUT2D eigenvalue weighted by Gasteiger charge is 2.45. The second kappa shape index (κ2) is 11.2. The van der Waals surface area contributed by atoms with Crippen LogP contribution >= 0.6 is 39.3 Å². The summed E-state index contributed by atoms with van der Waals surface area (Å²) in [6, 6.07) is 15.5. The van der Waals surface area contributed by atoms with Gasteiger partial charge in [0.15, 0.2) is 5.78 Å². The van der Waals surface area contributed by atoms with Gasteiger partial charge >= 0.3 is 5.97 Å². The number of carbonyl (C=O) groups is 2. The van der Waals surface area contributed by atoms with Crippen LogP contribution < -0.4 is 0 Å². The number of carbonyl (C=O) groups excluding carboxylic acids is 2. The molecule has 0 amide bonds. The summed E-state index contributed by atoms with van der Waals surface area (Å²) in [5.74, 6) is 0.430. The molecule has 34 heavy (non-hydrogen) atoms. The van der Waals surface area contributed by atoms with Crippen LogP contribution in [0.2, 0.25) is 5.02 Å². The molecule has 0 saturated heterocycles. The topological polar surface area (TPSA) is 55.7 Å². The van der Waals surface area contributed by atoms with Crippen LogP contribution in [0.1, 0.15) is 49.7 Å². The molecule has 0 saturated carbocycles. The zero-order chi connectivity index (χ0) is 24.2. The van der Waals surface area contributed by atoms with Gasteiger partial charge in [0.1, 0.15) is 12.5 Å². The third kappa shape index (κ3) is 5.34. The Bertz CT molecular complexity index is 1140. The summed E-state index contributed by atoms with van der Waals surface area (Å²) >= 11 is 11.4. The van der Waals surface area contributed by atoms with Gasteiger partial charge in [0.25, 0.3) is 0 Å². The zero-order valence-corrected chi connectivity index (χ0v) is 22.4. The molecular formula is C27H27BrClNO3S. The Morgan fingerprint density at radius 1 is 1.18 bits per heavy atom. The molecule has 0 aromatic heterocycles. The normalized spacial score (nSPS) is 22.3. The standard InChI is InChI=1S/C27H27BrClNO3S/c1-3-34-13-12-33-27(32)24-16(2)30-22-14-18(17-8-10-19(29)11-9-17)15-23(31)26(22)25(24)20-6-4-5-7-21(20)28/h4-11,18,24-25H,3,12-15H2,1-2H3/t18-,24?,25-/m1/s1. The molecule has 1 aliphatic carbocycles. The number of nitrogens with zero attached hydrogens (tertiary/aromatic N) is 1. The lowest BCUT2D eigenvalue weighted by Gasteiger charge is -2.37. The summed E-state index contributed by atoms with van der Waals surface area (Å²) in [6.45, 7) is 4.30. The number of thioether (sulfide) groups is 1. The number of benzene rings is 2. The fourth-order valence-electron chi connectivity index (χ4n) is 4.83. The monoisotopic (exact) mass is 559 g/mol. The molecule has 2 aromatic rings. The fourth-order valence-corrected chi connectivity index (χ4v) is 5.98. The van der Waals surface area contributed by atoms with Crippen molar-refractivity contribution < 1.29 is 14.3 Å². The molecule has 2 aromatic carbocycles. The average Bonchev–Trinajstić information content (AvgIpc) is 2.81. The molecule has 0 fully saturated rings. The van der Waals surface area contributed by atoms with Gasteiger partial charge in [-0.2, -0.15) is 11.8 Å². The van der Waals surface area contributed by atoms with Crippen LogP contribution in [0.4, 0.5) is 0 Å². The Labute approximate surface area is 218 Å². The fraction of sp³-hybridized carbons (Fsp3) is 0.370. The van der Waals surface area contributed by atoms with Gasteiger partial charge in [-0.25, -0.2) is 0 Å². The number of rotatable bonds is 7. The Hall–Kier alpha value is -1.89. The maximum absolute atomic E-state index is 13.6. The van der Waals surface area contributed by atoms with Gasteiger partial charge in [-0.15, -0.1) is 0 Å². The first-order valence-electron chi connectivity index (χ1n) is 11.5. The second-order valence-electron chi connectivity index (χ2n) is 8.53. The summed E-state index contributed by atoms with van der Waals surface area (Å²) in [4.78, 5) is 31.7. The summed E-state index contributed by atoms with van der Waals surface area (Å²) < 4.78 is 6.53. The molecule has 0 spiro atoms. The lowest BCUT2D eigenvalue weighted by Crippen LogP contribution is -2.38. The van der Waals surface area contributed by atoms with Crippen LogP contribution in [0.3, 0.4) is 0 Å². The maximum atomic E-state index is 13.6. The van der Waals surface area contributed by atoms with Crippen LogP contribution in [0, 0.1) is 5.92 Å². The molecule has 0 N–H and O–H groups in total. The van der Waals surface area contributed by atoms with Crippen molar-refractivity contribution in [1.82, 2.24) is 0 Å². The number of ketones is 1. The number of hydrogen-bond donors (Lipinski definition) is 0. The molecule has 1 aliphatic heterocycles. The van der Waals surface area contributed by atoms with Gasteiger partial charge in [0.2, 0.25) is 0 Å². The maximum Gasteiger partial charge on any atom is 0.315 e. The second-order valence-corrected chi connectivity index (χ2v) is 11.2. The molecule has 3 atom stereocenters. The Kier molecular flexibility index (Phi) is 8.33. The van der Waals surface area contributed by atoms with Crippen molar-refractivity contribution in [2.45, 2.75) is 38.5 Å². The van der Waals surface area contributed by atoms with E-state index in [0.717, 1.165) is 32.8 Å². The predicted octanol–water partition coefficient (Wildman–Crippen LogP) is 6.97. The predicted molar refractivity (Wildman–Crippen MR) is 143 cm³/mol. The van der Waals surface area contributed by atoms with E-state index in [-0.39, 0.29) is 17.7 Å². The lowest BCUT2D eigenvalue weighted by atomic mass is 9.69. The summed E-state index contributed by atoms with van der Waals surface area (Å²) in [5, 5.41) is 0.671. The highest BCUT2D eigenvalue weighted by Crippen LogP contribution is 2.48. The molecule has 1 heterocycles. The molecule has 1 unspecified atom stereocenters. The van der Waals surface area contributed by atoms with Gasteiger partial charge < -0.3 is 4.74 Å². The first-order chi connectivity index (χ1) is 16.4. The molecule has 0 radical (unpaired) electrons. The molecule has 0 bridgehead atoms. The molecule has 178 valence electrons. The van der Waals surface area contributed by atoms with Crippen molar-refractivity contribution in [3.63, 3.8) is 0 Å². The summed E-state index contributed by atoms with van der Waals surface area (Å²) in [7, 11) is 0. The smallest absolute Gasteiger partial charge is 0.315 e. The van der Waals surface area contributed by atoms with Crippen molar-refractivity contribution in [3.8, 4) is 0 Å². The van der Waals surface area contributed by atoms with Gasteiger partial charge in [-0.1, -0.05) is 64.8 Å². The average molecular weight is 561 g/mol. The molecule has 7 heteroatoms. The minimum absolute atomic E-state index is 0.0366. The van der Waals surface area contributed by atoms with E-state index < -0.39 is 11.8 Å². The van der Waals surface area contributed by atoms with E-state index in [0.29, 0.717) is 35.8 Å². The van der Waals surface area contributed by atoms with Crippen LogP contribution in [0.15, 0.2) is 69.3 Å². The number of Topliss-reactive ketones (excluding diaryl/α,β-unsaturated/α-hetero) is 1. The van der Waals surface area contributed by atoms with Crippen LogP contribution in [-0.2, 0) is 14.3 Å². The number of halogens is 2. The highest BCUT2D eigenvalue weighted by atomic mass is 79.9. The molecular weight excluding hydrogens is 534 g/mol. The van der Waals surface area contributed by atoms with E-state index in [1.54, 1.807) is 11.8 Å². The van der Waals surface area contributed by atoms with E-state index in [4.69, 9.17) is 21.3 Å². The quantitative estimate of drug-likeness (QED) is 0.271. The first kappa shape index (κ1) is 25.2. The Morgan fingerprint density at radius 2 is 1.91 bits per heavy atom. The van der Waals surface area contributed by atoms with Gasteiger partial charge in [-0.3, -0.25) is 14.6 Å². The van der Waals surface area contributed by atoms with Crippen molar-refractivity contribution >= 4 is 56.8 Å². The van der Waals surface area contributed by atoms with Gasteiger partial charge in [0.05, 0.1) is 0 Å². The Morgan fingerprint density at radius 3 is 2.62 bits per heavy atom. The highest BCUT2D eigenvalue weighted by molar-refractivity contribution is 9.10. The number of allylic oxidation sites excluding steroid dienone is 2. The minimum atomic E-state index is -0.625. The summed E-state index contributed by atoms with van der Waals surface area (Å²) in [5.41, 5.74) is 4.10.